The van der Waals surface area contributed by atoms with Gasteiger partial charge in [-0.2, -0.15) is 0 Å². The van der Waals surface area contributed by atoms with Crippen LogP contribution < -0.4 is 5.73 Å². The van der Waals surface area contributed by atoms with E-state index in [9.17, 15) is 0 Å². The first-order valence-electron chi connectivity index (χ1n) is 4.50. The third-order valence-corrected chi connectivity index (χ3v) is 3.20. The van der Waals surface area contributed by atoms with Crippen LogP contribution in [0, 0.1) is 24.2 Å². The van der Waals surface area contributed by atoms with Crippen LogP contribution in [0.2, 0.25) is 0 Å². The van der Waals surface area contributed by atoms with Crippen LogP contribution in [0.4, 0.5) is 0 Å². The van der Waals surface area contributed by atoms with Gasteiger partial charge in [0.05, 0.1) is 0 Å². The zero-order valence-electron chi connectivity index (χ0n) is 7.90. The number of rotatable bonds is 1. The first kappa shape index (κ1) is 10.4. The lowest BCUT2D eigenvalue weighted by atomic mass is 9.82. The first-order valence-corrected chi connectivity index (χ1v) is 5.17. The van der Waals surface area contributed by atoms with Crippen molar-refractivity contribution in [1.82, 2.24) is 0 Å². The molecule has 0 aliphatic heterocycles. The average molecular weight is 193 g/mol. The lowest BCUT2D eigenvalue weighted by Crippen LogP contribution is -2.29. The van der Waals surface area contributed by atoms with Crippen LogP contribution in [0.3, 0.4) is 0 Å². The van der Waals surface area contributed by atoms with Gasteiger partial charge in [-0.1, -0.05) is 25.0 Å². The molecule has 2 N–H and O–H groups in total. The van der Waals surface area contributed by atoms with Gasteiger partial charge in [0.2, 0.25) is 0 Å². The Morgan fingerprint density at radius 2 is 2.46 bits per heavy atom. The molecule has 0 aromatic carbocycles. The molecule has 70 valence electrons. The monoisotopic (exact) mass is 193 g/mol. The fourth-order valence-electron chi connectivity index (χ4n) is 1.85. The maximum Gasteiger partial charge on any atom is 0.0209 e. The summed E-state index contributed by atoms with van der Waals surface area (Å²) in [6, 6.07) is 0. The van der Waals surface area contributed by atoms with Crippen molar-refractivity contribution in [2.24, 2.45) is 17.6 Å². The normalized spacial score (nSPS) is 34.2. The van der Waals surface area contributed by atoms with Gasteiger partial charge in [-0.3, -0.25) is 0 Å². The maximum absolute atomic E-state index is 5.91. The van der Waals surface area contributed by atoms with Gasteiger partial charge >= 0.3 is 0 Å². The van der Waals surface area contributed by atoms with Gasteiger partial charge in [0.1, 0.15) is 0 Å². The van der Waals surface area contributed by atoms with Crippen molar-refractivity contribution in [2.75, 3.05) is 0 Å². The van der Waals surface area contributed by atoms with Crippen molar-refractivity contribution in [3.8, 4) is 12.3 Å². The molecule has 0 aromatic rings. The van der Waals surface area contributed by atoms with E-state index in [4.69, 9.17) is 12.2 Å². The summed E-state index contributed by atoms with van der Waals surface area (Å²) < 4.78 is 0. The van der Waals surface area contributed by atoms with Crippen LogP contribution in [-0.4, -0.2) is 5.66 Å². The second kappa shape index (κ2) is 4.49. The quantitative estimate of drug-likeness (QED) is 0.384. The summed E-state index contributed by atoms with van der Waals surface area (Å²) in [4.78, 5) is 0. The van der Waals surface area contributed by atoms with Gasteiger partial charge in [-0.15, -0.1) is 15.7 Å². The Morgan fingerprint density at radius 1 is 1.77 bits per heavy atom. The molecule has 4 atom stereocenters. The minimum Gasteiger partial charge on any atom is -0.401 e. The fourth-order valence-corrected chi connectivity index (χ4v) is 2.58. The second-order valence-corrected chi connectivity index (χ2v) is 4.38. The Bertz CT molecular complexity index is 272. The molecule has 0 saturated carbocycles. The van der Waals surface area contributed by atoms with Crippen molar-refractivity contribution in [3.05, 3.63) is 23.9 Å². The summed E-state index contributed by atoms with van der Waals surface area (Å²) in [6.45, 7) is 2.18. The van der Waals surface area contributed by atoms with Crippen molar-refractivity contribution < 1.29 is 0 Å². The van der Waals surface area contributed by atoms with Gasteiger partial charge < -0.3 is 5.73 Å². The van der Waals surface area contributed by atoms with Crippen LogP contribution in [0.5, 0.6) is 0 Å². The second-order valence-electron chi connectivity index (χ2n) is 3.52. The average Bonchev–Trinajstić information content (AvgIpc) is 2.04. The highest BCUT2D eigenvalue weighted by Crippen LogP contribution is 2.33. The first-order chi connectivity index (χ1) is 6.16. The molecule has 1 aliphatic rings. The molecule has 1 rings (SSSR count). The van der Waals surface area contributed by atoms with Gasteiger partial charge in [-0.05, 0) is 18.0 Å². The third-order valence-electron chi connectivity index (χ3n) is 2.51. The van der Waals surface area contributed by atoms with Crippen LogP contribution in [0.15, 0.2) is 23.9 Å². The van der Waals surface area contributed by atoms with Crippen molar-refractivity contribution in [1.29, 1.82) is 0 Å². The molecular formula is C11H16NP. The predicted octanol–water partition coefficient (Wildman–Crippen LogP) is 1.92. The molecule has 13 heavy (non-hydrogen) atoms. The molecule has 0 bridgehead atoms. The van der Waals surface area contributed by atoms with E-state index in [2.05, 4.69) is 34.2 Å². The molecule has 0 heterocycles. The zero-order valence-corrected chi connectivity index (χ0v) is 9.06. The topological polar surface area (TPSA) is 26.0 Å². The number of nitrogens with two attached hydrogens (primary N) is 1. The van der Waals surface area contributed by atoms with E-state index in [0.717, 1.165) is 12.1 Å². The molecule has 0 spiro atoms. The lowest BCUT2D eigenvalue weighted by Gasteiger charge is -2.30. The minimum absolute atomic E-state index is 0.381. The minimum atomic E-state index is 0.381. The summed E-state index contributed by atoms with van der Waals surface area (Å²) >= 11 is 0. The SMILES string of the molecule is C#C/C=C(/N)C1C(C)C=CCC1P. The van der Waals surface area contributed by atoms with E-state index in [1.54, 1.807) is 6.08 Å². The molecule has 0 saturated heterocycles. The molecule has 0 fully saturated rings. The Balaban J connectivity index is 2.84. The van der Waals surface area contributed by atoms with Gasteiger partial charge in [0.25, 0.3) is 0 Å². The summed E-state index contributed by atoms with van der Waals surface area (Å²) in [6.07, 6.45) is 12.4. The summed E-state index contributed by atoms with van der Waals surface area (Å²) in [5, 5.41) is 0. The van der Waals surface area contributed by atoms with E-state index in [1.165, 1.54) is 0 Å². The largest absolute Gasteiger partial charge is 0.401 e. The van der Waals surface area contributed by atoms with E-state index >= 15 is 0 Å². The van der Waals surface area contributed by atoms with Gasteiger partial charge in [0, 0.05) is 17.7 Å². The molecule has 0 amide bonds. The molecule has 0 radical (unpaired) electrons. The standard InChI is InChI=1S/C11H16NP/c1-3-5-9(12)11-8(2)6-4-7-10(11)13/h1,4-6,8,10-11H,7,12-13H2,2H3/b9-5+. The fraction of sp³-hybridized carbons (Fsp3) is 0.455. The Kier molecular flexibility index (Phi) is 3.58. The smallest absolute Gasteiger partial charge is 0.0209 e. The van der Waals surface area contributed by atoms with Crippen LogP contribution >= 0.6 is 9.24 Å². The van der Waals surface area contributed by atoms with Crippen molar-refractivity contribution >= 4 is 9.24 Å². The van der Waals surface area contributed by atoms with E-state index in [-0.39, 0.29) is 0 Å². The number of terminal acetylenes is 1. The van der Waals surface area contributed by atoms with Crippen molar-refractivity contribution in [2.45, 2.75) is 19.0 Å². The van der Waals surface area contributed by atoms with Gasteiger partial charge in [0.15, 0.2) is 0 Å². The van der Waals surface area contributed by atoms with Crippen LogP contribution in [0.25, 0.3) is 0 Å². The molecule has 1 nitrogen and oxygen atoms in total. The number of hydrogen-bond acceptors (Lipinski definition) is 1. The molecular weight excluding hydrogens is 177 g/mol. The van der Waals surface area contributed by atoms with Crippen LogP contribution in [-0.2, 0) is 0 Å². The third kappa shape index (κ3) is 2.36. The number of allylic oxidation sites excluding steroid dienone is 4. The number of hydrogen-bond donors (Lipinski definition) is 1. The Morgan fingerprint density at radius 3 is 3.00 bits per heavy atom. The molecule has 1 aliphatic carbocycles. The highest BCUT2D eigenvalue weighted by atomic mass is 31.0. The zero-order chi connectivity index (χ0) is 9.84. The van der Waals surface area contributed by atoms with E-state index in [1.807, 2.05) is 0 Å². The molecule has 2 heteroatoms. The highest BCUT2D eigenvalue weighted by Gasteiger charge is 2.26. The van der Waals surface area contributed by atoms with Crippen LogP contribution in [0.1, 0.15) is 13.3 Å². The summed E-state index contributed by atoms with van der Waals surface area (Å²) in [7, 11) is 2.85. The Labute approximate surface area is 82.7 Å². The van der Waals surface area contributed by atoms with E-state index in [0.29, 0.717) is 17.5 Å². The molecule has 4 unspecified atom stereocenters. The van der Waals surface area contributed by atoms with Gasteiger partial charge in [-0.25, -0.2) is 0 Å². The van der Waals surface area contributed by atoms with E-state index < -0.39 is 0 Å². The highest BCUT2D eigenvalue weighted by molar-refractivity contribution is 7.17. The lowest BCUT2D eigenvalue weighted by molar-refractivity contribution is 0.444. The maximum atomic E-state index is 5.91. The Hall–Kier alpha value is -0.730. The predicted molar refractivity (Wildman–Crippen MR) is 61.0 cm³/mol. The summed E-state index contributed by atoms with van der Waals surface area (Å²) in [5.41, 5.74) is 7.26. The molecule has 0 aromatic heterocycles. The van der Waals surface area contributed by atoms with Crippen molar-refractivity contribution in [3.63, 3.8) is 0 Å². The summed E-state index contributed by atoms with van der Waals surface area (Å²) in [5.74, 6) is 3.35.